The average molecular weight is 247 g/mol. The maximum absolute atomic E-state index is 9.91. The van der Waals surface area contributed by atoms with Crippen molar-refractivity contribution in [2.24, 2.45) is 11.8 Å². The third kappa shape index (κ3) is 2.19. The summed E-state index contributed by atoms with van der Waals surface area (Å²) in [5, 5.41) is 9.91. The Labute approximate surface area is 108 Å². The molecule has 0 radical (unpaired) electrons. The number of phenols is 1. The molecule has 1 N–H and O–H groups in total. The quantitative estimate of drug-likeness (QED) is 0.891. The number of methoxy groups -OCH3 is 1. The molecule has 1 aliphatic heterocycles. The van der Waals surface area contributed by atoms with Crippen LogP contribution in [0.15, 0.2) is 18.2 Å². The van der Waals surface area contributed by atoms with E-state index in [2.05, 4.69) is 4.90 Å². The lowest BCUT2D eigenvalue weighted by Crippen LogP contribution is -2.21. The Morgan fingerprint density at radius 1 is 1.28 bits per heavy atom. The van der Waals surface area contributed by atoms with Crippen LogP contribution in [-0.4, -0.2) is 30.2 Å². The number of nitrogens with zero attached hydrogens (tertiary/aromatic N) is 1. The normalized spacial score (nSPS) is 27.4. The highest BCUT2D eigenvalue weighted by atomic mass is 16.5. The van der Waals surface area contributed by atoms with Crippen LogP contribution in [0.3, 0.4) is 0 Å². The molecule has 98 valence electrons. The maximum Gasteiger partial charge on any atom is 0.120 e. The molecule has 2 unspecified atom stereocenters. The van der Waals surface area contributed by atoms with E-state index in [1.54, 1.807) is 19.2 Å². The SMILES string of the molecule is COc1ccc(O)c(CN2CC3CCCC3C2)c1. The first-order chi connectivity index (χ1) is 8.76. The molecular weight excluding hydrogens is 226 g/mol. The summed E-state index contributed by atoms with van der Waals surface area (Å²) in [6.07, 6.45) is 4.20. The standard InChI is InChI=1S/C15H21NO2/c1-18-14-5-6-15(17)13(7-14)10-16-8-11-3-2-4-12(11)9-16/h5-7,11-12,17H,2-4,8-10H2,1H3. The van der Waals surface area contributed by atoms with Gasteiger partial charge in [0, 0.05) is 25.2 Å². The van der Waals surface area contributed by atoms with E-state index in [0.717, 1.165) is 29.7 Å². The Balaban J connectivity index is 1.69. The summed E-state index contributed by atoms with van der Waals surface area (Å²) < 4.78 is 5.22. The summed E-state index contributed by atoms with van der Waals surface area (Å²) in [5.74, 6) is 3.01. The van der Waals surface area contributed by atoms with E-state index in [-0.39, 0.29) is 0 Å². The van der Waals surface area contributed by atoms with Crippen molar-refractivity contribution in [3.05, 3.63) is 23.8 Å². The molecule has 3 heteroatoms. The van der Waals surface area contributed by atoms with E-state index in [1.165, 1.54) is 32.4 Å². The molecule has 2 atom stereocenters. The van der Waals surface area contributed by atoms with E-state index in [1.807, 2.05) is 6.07 Å². The summed E-state index contributed by atoms with van der Waals surface area (Å²) in [6, 6.07) is 5.48. The van der Waals surface area contributed by atoms with Crippen LogP contribution in [0.1, 0.15) is 24.8 Å². The highest BCUT2D eigenvalue weighted by Crippen LogP contribution is 2.38. The smallest absolute Gasteiger partial charge is 0.120 e. The molecule has 1 heterocycles. The van der Waals surface area contributed by atoms with Gasteiger partial charge in [0.05, 0.1) is 7.11 Å². The van der Waals surface area contributed by atoms with E-state index >= 15 is 0 Å². The van der Waals surface area contributed by atoms with Crippen molar-refractivity contribution in [2.75, 3.05) is 20.2 Å². The molecule has 1 aromatic carbocycles. The van der Waals surface area contributed by atoms with Gasteiger partial charge < -0.3 is 9.84 Å². The molecule has 18 heavy (non-hydrogen) atoms. The highest BCUT2D eigenvalue weighted by molar-refractivity contribution is 5.39. The Morgan fingerprint density at radius 2 is 2.00 bits per heavy atom. The molecule has 0 amide bonds. The topological polar surface area (TPSA) is 32.7 Å². The monoisotopic (exact) mass is 247 g/mol. The minimum Gasteiger partial charge on any atom is -0.508 e. The molecule has 0 bridgehead atoms. The number of ether oxygens (including phenoxy) is 1. The summed E-state index contributed by atoms with van der Waals surface area (Å²) in [5.41, 5.74) is 0.981. The molecule has 2 fully saturated rings. The Hall–Kier alpha value is -1.22. The molecular formula is C15H21NO2. The van der Waals surface area contributed by atoms with E-state index in [0.29, 0.717) is 5.75 Å². The number of rotatable bonds is 3. The molecule has 0 spiro atoms. The average Bonchev–Trinajstić information content (AvgIpc) is 2.92. The largest absolute Gasteiger partial charge is 0.508 e. The minimum atomic E-state index is 0.382. The summed E-state index contributed by atoms with van der Waals surface area (Å²) >= 11 is 0. The number of fused-ring (bicyclic) bond motifs is 1. The van der Waals surface area contributed by atoms with Gasteiger partial charge in [0.15, 0.2) is 0 Å². The second kappa shape index (κ2) is 4.81. The van der Waals surface area contributed by atoms with Crippen LogP contribution in [0.4, 0.5) is 0 Å². The van der Waals surface area contributed by atoms with Crippen LogP contribution < -0.4 is 4.74 Å². The van der Waals surface area contributed by atoms with Gasteiger partial charge >= 0.3 is 0 Å². The van der Waals surface area contributed by atoms with Gasteiger partial charge in [0.2, 0.25) is 0 Å². The predicted octanol–water partition coefficient (Wildman–Crippen LogP) is 2.63. The first-order valence-electron chi connectivity index (χ1n) is 6.84. The van der Waals surface area contributed by atoms with Crippen molar-refractivity contribution in [1.29, 1.82) is 0 Å². The predicted molar refractivity (Wildman–Crippen MR) is 70.8 cm³/mol. The highest BCUT2D eigenvalue weighted by Gasteiger charge is 2.35. The van der Waals surface area contributed by atoms with Gasteiger partial charge in [-0.3, -0.25) is 4.90 Å². The zero-order valence-corrected chi connectivity index (χ0v) is 10.9. The Morgan fingerprint density at radius 3 is 2.67 bits per heavy atom. The van der Waals surface area contributed by atoms with Gasteiger partial charge in [-0.1, -0.05) is 6.42 Å². The van der Waals surface area contributed by atoms with E-state index in [9.17, 15) is 5.11 Å². The zero-order valence-electron chi connectivity index (χ0n) is 10.9. The number of phenolic OH excluding ortho intramolecular Hbond substituents is 1. The molecule has 3 nitrogen and oxygen atoms in total. The van der Waals surface area contributed by atoms with Crippen molar-refractivity contribution in [3.63, 3.8) is 0 Å². The number of hydrogen-bond donors (Lipinski definition) is 1. The molecule has 0 aromatic heterocycles. The van der Waals surface area contributed by atoms with Crippen LogP contribution in [-0.2, 0) is 6.54 Å². The number of aromatic hydroxyl groups is 1. The fraction of sp³-hybridized carbons (Fsp3) is 0.600. The van der Waals surface area contributed by atoms with Crippen LogP contribution in [0.5, 0.6) is 11.5 Å². The summed E-state index contributed by atoms with van der Waals surface area (Å²) in [4.78, 5) is 2.48. The van der Waals surface area contributed by atoms with Crippen LogP contribution in [0.25, 0.3) is 0 Å². The second-order valence-electron chi connectivity index (χ2n) is 5.64. The van der Waals surface area contributed by atoms with Crippen molar-refractivity contribution >= 4 is 0 Å². The van der Waals surface area contributed by atoms with Gasteiger partial charge in [-0.2, -0.15) is 0 Å². The lowest BCUT2D eigenvalue weighted by atomic mass is 10.0. The van der Waals surface area contributed by atoms with Crippen molar-refractivity contribution in [3.8, 4) is 11.5 Å². The molecule has 1 saturated heterocycles. The summed E-state index contributed by atoms with van der Waals surface area (Å²) in [6.45, 7) is 3.23. The lowest BCUT2D eigenvalue weighted by molar-refractivity contribution is 0.297. The minimum absolute atomic E-state index is 0.382. The molecule has 1 saturated carbocycles. The molecule has 1 aliphatic carbocycles. The van der Waals surface area contributed by atoms with Gasteiger partial charge in [-0.05, 0) is 42.9 Å². The number of hydrogen-bond acceptors (Lipinski definition) is 3. The second-order valence-corrected chi connectivity index (χ2v) is 5.64. The van der Waals surface area contributed by atoms with Gasteiger partial charge in [0.25, 0.3) is 0 Å². The zero-order chi connectivity index (χ0) is 12.5. The molecule has 1 aromatic rings. The first kappa shape index (κ1) is 11.8. The van der Waals surface area contributed by atoms with E-state index in [4.69, 9.17) is 4.74 Å². The van der Waals surface area contributed by atoms with Crippen LogP contribution in [0.2, 0.25) is 0 Å². The van der Waals surface area contributed by atoms with Gasteiger partial charge in [-0.15, -0.1) is 0 Å². The van der Waals surface area contributed by atoms with E-state index < -0.39 is 0 Å². The number of likely N-dealkylation sites (tertiary alicyclic amines) is 1. The van der Waals surface area contributed by atoms with Crippen molar-refractivity contribution < 1.29 is 9.84 Å². The summed E-state index contributed by atoms with van der Waals surface area (Å²) in [7, 11) is 1.66. The van der Waals surface area contributed by atoms with Crippen molar-refractivity contribution in [1.82, 2.24) is 4.90 Å². The maximum atomic E-state index is 9.91. The van der Waals surface area contributed by atoms with Crippen LogP contribution >= 0.6 is 0 Å². The Bertz CT molecular complexity index is 421. The van der Waals surface area contributed by atoms with Crippen LogP contribution in [0, 0.1) is 11.8 Å². The first-order valence-corrected chi connectivity index (χ1v) is 6.84. The number of benzene rings is 1. The van der Waals surface area contributed by atoms with Crippen molar-refractivity contribution in [2.45, 2.75) is 25.8 Å². The van der Waals surface area contributed by atoms with Gasteiger partial charge in [-0.25, -0.2) is 0 Å². The lowest BCUT2D eigenvalue weighted by Gasteiger charge is -2.18. The third-order valence-electron chi connectivity index (χ3n) is 4.48. The fourth-order valence-corrected chi connectivity index (χ4v) is 3.52. The Kier molecular flexibility index (Phi) is 3.16. The fourth-order valence-electron chi connectivity index (χ4n) is 3.52. The third-order valence-corrected chi connectivity index (χ3v) is 4.48. The molecule has 2 aliphatic rings. The molecule has 3 rings (SSSR count). The van der Waals surface area contributed by atoms with Gasteiger partial charge in [0.1, 0.15) is 11.5 Å².